The summed E-state index contributed by atoms with van der Waals surface area (Å²) in [5, 5.41) is 12.9. The first-order valence-corrected chi connectivity index (χ1v) is 5.70. The first kappa shape index (κ1) is 14.4. The van der Waals surface area contributed by atoms with Crippen LogP contribution in [0.25, 0.3) is 0 Å². The second-order valence-corrected chi connectivity index (χ2v) is 4.05. The fourth-order valence-electron chi connectivity index (χ4n) is 1.70. The van der Waals surface area contributed by atoms with Crippen molar-refractivity contribution < 1.29 is 18.5 Å². The molecule has 0 radical (unpaired) electrons. The molecule has 3 N–H and O–H groups in total. The van der Waals surface area contributed by atoms with Gasteiger partial charge in [0.1, 0.15) is 5.69 Å². The van der Waals surface area contributed by atoms with E-state index in [1.54, 1.807) is 0 Å². The van der Waals surface area contributed by atoms with E-state index in [1.807, 2.05) is 0 Å². The van der Waals surface area contributed by atoms with E-state index in [4.69, 9.17) is 5.73 Å². The summed E-state index contributed by atoms with van der Waals surface area (Å²) in [5.41, 5.74) is 4.16. The number of halogens is 2. The predicted octanol–water partition coefficient (Wildman–Crippen LogP) is 2.71. The van der Waals surface area contributed by atoms with E-state index in [2.05, 4.69) is 5.32 Å². The molecule has 0 saturated carbocycles. The number of benzene rings is 2. The summed E-state index contributed by atoms with van der Waals surface area (Å²) < 4.78 is 26.5. The molecule has 0 bridgehead atoms. The Balaban J connectivity index is 2.35. The summed E-state index contributed by atoms with van der Waals surface area (Å²) in [7, 11) is 0. The van der Waals surface area contributed by atoms with Crippen molar-refractivity contribution in [1.82, 2.24) is 0 Å². The molecule has 2 aromatic rings. The minimum atomic E-state index is -1.23. The fraction of sp³-hybridized carbons (Fsp3) is 0. The number of nitrogens with zero attached hydrogens (tertiary/aromatic N) is 1. The standard InChI is InChI=1S/C13H9F2N3O3/c14-8-4-2-5-9(11(8)15)17-13(19)7-3-1-6-10(12(7)16)18(20)21/h1-6H,16H2,(H,17,19). The average Bonchev–Trinajstić information content (AvgIpc) is 2.43. The number of nitrogens with one attached hydrogen (secondary N) is 1. The number of anilines is 2. The molecule has 0 fully saturated rings. The zero-order valence-corrected chi connectivity index (χ0v) is 10.5. The molecule has 2 rings (SSSR count). The van der Waals surface area contributed by atoms with Gasteiger partial charge in [0.15, 0.2) is 11.6 Å². The van der Waals surface area contributed by atoms with Gasteiger partial charge in [0.25, 0.3) is 11.6 Å². The Kier molecular flexibility index (Phi) is 3.79. The molecule has 108 valence electrons. The van der Waals surface area contributed by atoms with Gasteiger partial charge in [-0.1, -0.05) is 12.1 Å². The van der Waals surface area contributed by atoms with Gasteiger partial charge in [-0.25, -0.2) is 8.78 Å². The molecule has 0 aromatic heterocycles. The van der Waals surface area contributed by atoms with Crippen molar-refractivity contribution in [2.45, 2.75) is 0 Å². The average molecular weight is 293 g/mol. The Morgan fingerprint density at radius 1 is 1.19 bits per heavy atom. The Hall–Kier alpha value is -3.03. The van der Waals surface area contributed by atoms with Crippen LogP contribution in [-0.2, 0) is 0 Å². The maximum Gasteiger partial charge on any atom is 0.292 e. The first-order valence-electron chi connectivity index (χ1n) is 5.70. The summed E-state index contributed by atoms with van der Waals surface area (Å²) in [6, 6.07) is 6.91. The number of carbonyl (C=O) groups is 1. The molecule has 0 unspecified atom stereocenters. The lowest BCUT2D eigenvalue weighted by atomic mass is 10.1. The smallest absolute Gasteiger partial charge is 0.292 e. The number of nitro benzene ring substituents is 1. The number of amides is 1. The Bertz CT molecular complexity index is 735. The van der Waals surface area contributed by atoms with Crippen LogP contribution in [-0.4, -0.2) is 10.8 Å². The van der Waals surface area contributed by atoms with Gasteiger partial charge in [-0.15, -0.1) is 0 Å². The molecule has 0 aliphatic carbocycles. The van der Waals surface area contributed by atoms with Crippen molar-refractivity contribution in [3.8, 4) is 0 Å². The molecule has 21 heavy (non-hydrogen) atoms. The van der Waals surface area contributed by atoms with E-state index < -0.39 is 28.2 Å². The fourth-order valence-corrected chi connectivity index (χ4v) is 1.70. The van der Waals surface area contributed by atoms with Crippen LogP contribution >= 0.6 is 0 Å². The van der Waals surface area contributed by atoms with Gasteiger partial charge < -0.3 is 11.1 Å². The highest BCUT2D eigenvalue weighted by Crippen LogP contribution is 2.26. The maximum absolute atomic E-state index is 13.5. The zero-order chi connectivity index (χ0) is 15.6. The molecular weight excluding hydrogens is 284 g/mol. The number of hydrogen-bond acceptors (Lipinski definition) is 4. The molecule has 0 saturated heterocycles. The van der Waals surface area contributed by atoms with Crippen molar-refractivity contribution in [2.24, 2.45) is 0 Å². The van der Waals surface area contributed by atoms with Crippen LogP contribution in [0.5, 0.6) is 0 Å². The Morgan fingerprint density at radius 2 is 1.86 bits per heavy atom. The van der Waals surface area contributed by atoms with Gasteiger partial charge in [-0.05, 0) is 18.2 Å². The van der Waals surface area contributed by atoms with Crippen molar-refractivity contribution in [3.63, 3.8) is 0 Å². The van der Waals surface area contributed by atoms with Gasteiger partial charge in [0, 0.05) is 6.07 Å². The molecule has 0 aliphatic rings. The molecule has 0 atom stereocenters. The van der Waals surface area contributed by atoms with E-state index in [-0.39, 0.29) is 16.9 Å². The van der Waals surface area contributed by atoms with E-state index in [0.717, 1.165) is 18.2 Å². The van der Waals surface area contributed by atoms with Crippen molar-refractivity contribution in [1.29, 1.82) is 0 Å². The van der Waals surface area contributed by atoms with Gasteiger partial charge in [-0.2, -0.15) is 0 Å². The third kappa shape index (κ3) is 2.78. The topological polar surface area (TPSA) is 98.3 Å². The number of carbonyl (C=O) groups excluding carboxylic acids is 1. The normalized spacial score (nSPS) is 10.2. The maximum atomic E-state index is 13.5. The highest BCUT2D eigenvalue weighted by atomic mass is 19.2. The molecule has 1 amide bonds. The van der Waals surface area contributed by atoms with Gasteiger partial charge in [0.2, 0.25) is 0 Å². The van der Waals surface area contributed by atoms with Crippen LogP contribution in [0.15, 0.2) is 36.4 Å². The minimum Gasteiger partial charge on any atom is -0.393 e. The Labute approximate surface area is 117 Å². The van der Waals surface area contributed by atoms with Crippen molar-refractivity contribution >= 4 is 23.0 Å². The number of nitro groups is 1. The molecule has 6 nitrogen and oxygen atoms in total. The van der Waals surface area contributed by atoms with Gasteiger partial charge >= 0.3 is 0 Å². The number of rotatable bonds is 3. The second kappa shape index (κ2) is 5.53. The van der Waals surface area contributed by atoms with E-state index >= 15 is 0 Å². The van der Waals surface area contributed by atoms with Crippen LogP contribution in [0.4, 0.5) is 25.8 Å². The van der Waals surface area contributed by atoms with E-state index in [0.29, 0.717) is 0 Å². The summed E-state index contributed by atoms with van der Waals surface area (Å²) >= 11 is 0. The van der Waals surface area contributed by atoms with Crippen molar-refractivity contribution in [2.75, 3.05) is 11.1 Å². The Morgan fingerprint density at radius 3 is 2.52 bits per heavy atom. The number of hydrogen-bond donors (Lipinski definition) is 2. The zero-order valence-electron chi connectivity index (χ0n) is 10.5. The SMILES string of the molecule is Nc1c(C(=O)Nc2cccc(F)c2F)cccc1[N+](=O)[O-]. The van der Waals surface area contributed by atoms with Crippen molar-refractivity contribution in [3.05, 3.63) is 63.7 Å². The molecule has 0 spiro atoms. The quantitative estimate of drug-likeness (QED) is 0.516. The lowest BCUT2D eigenvalue weighted by Crippen LogP contribution is -2.16. The second-order valence-electron chi connectivity index (χ2n) is 4.05. The highest BCUT2D eigenvalue weighted by Gasteiger charge is 2.20. The lowest BCUT2D eigenvalue weighted by molar-refractivity contribution is -0.383. The largest absolute Gasteiger partial charge is 0.393 e. The molecule has 0 aliphatic heterocycles. The predicted molar refractivity (Wildman–Crippen MR) is 71.8 cm³/mol. The van der Waals surface area contributed by atoms with E-state index in [1.165, 1.54) is 18.2 Å². The monoisotopic (exact) mass is 293 g/mol. The number of para-hydroxylation sites is 1. The number of nitrogen functional groups attached to an aromatic ring is 1. The number of nitrogens with two attached hydrogens (primary N) is 1. The molecule has 8 heteroatoms. The molecule has 2 aromatic carbocycles. The molecule has 0 heterocycles. The summed E-state index contributed by atoms with van der Waals surface area (Å²) in [6.07, 6.45) is 0. The minimum absolute atomic E-state index is 0.201. The van der Waals surface area contributed by atoms with Gasteiger partial charge in [-0.3, -0.25) is 14.9 Å². The van der Waals surface area contributed by atoms with Crippen LogP contribution in [0.1, 0.15) is 10.4 Å². The first-order chi connectivity index (χ1) is 9.91. The molecular formula is C13H9F2N3O3. The van der Waals surface area contributed by atoms with Crippen LogP contribution in [0, 0.1) is 21.7 Å². The lowest BCUT2D eigenvalue weighted by Gasteiger charge is -2.08. The highest BCUT2D eigenvalue weighted by molar-refractivity contribution is 6.08. The summed E-state index contributed by atoms with van der Waals surface area (Å²) in [6.45, 7) is 0. The summed E-state index contributed by atoms with van der Waals surface area (Å²) in [5.74, 6) is -3.23. The van der Waals surface area contributed by atoms with Crippen LogP contribution < -0.4 is 11.1 Å². The third-order valence-corrected chi connectivity index (χ3v) is 2.72. The van der Waals surface area contributed by atoms with Crippen LogP contribution in [0.2, 0.25) is 0 Å². The van der Waals surface area contributed by atoms with Crippen LogP contribution in [0.3, 0.4) is 0 Å². The third-order valence-electron chi connectivity index (χ3n) is 2.72. The van der Waals surface area contributed by atoms with Gasteiger partial charge in [0.05, 0.1) is 16.2 Å². The van der Waals surface area contributed by atoms with E-state index in [9.17, 15) is 23.7 Å². The summed E-state index contributed by atoms with van der Waals surface area (Å²) in [4.78, 5) is 22.0.